The molecular formula is C27H34FN3O3S. The molecule has 2 aromatic carbocycles. The Morgan fingerprint density at radius 2 is 1.83 bits per heavy atom. The number of hydrogen-bond acceptors (Lipinski definition) is 5. The molecule has 3 aromatic rings. The number of rotatable bonds is 8. The first kappa shape index (κ1) is 26.9. The Balaban J connectivity index is 0.000000214. The summed E-state index contributed by atoms with van der Waals surface area (Å²) in [6.45, 7) is 4.25. The van der Waals surface area contributed by atoms with Crippen LogP contribution in [0, 0.1) is 11.7 Å². The average molecular weight is 500 g/mol. The Morgan fingerprint density at radius 3 is 2.49 bits per heavy atom. The van der Waals surface area contributed by atoms with Gasteiger partial charge in [0.2, 0.25) is 10.0 Å². The Bertz CT molecular complexity index is 1200. The molecule has 1 saturated heterocycles. The molecule has 4 rings (SSSR count). The first-order valence-electron chi connectivity index (χ1n) is 12.1. The molecule has 0 amide bonds. The van der Waals surface area contributed by atoms with E-state index < -0.39 is 10.0 Å². The van der Waals surface area contributed by atoms with Gasteiger partial charge in [0, 0.05) is 48.2 Å². The van der Waals surface area contributed by atoms with E-state index in [0.29, 0.717) is 35.9 Å². The molecular weight excluding hydrogens is 465 g/mol. The molecule has 0 bridgehead atoms. The highest BCUT2D eigenvalue weighted by Gasteiger charge is 2.29. The van der Waals surface area contributed by atoms with Crippen LogP contribution in [-0.4, -0.2) is 50.2 Å². The Labute approximate surface area is 207 Å². The third kappa shape index (κ3) is 7.16. The van der Waals surface area contributed by atoms with Gasteiger partial charge in [-0.25, -0.2) is 12.8 Å². The van der Waals surface area contributed by atoms with Gasteiger partial charge >= 0.3 is 0 Å². The van der Waals surface area contributed by atoms with Crippen LogP contribution in [0.15, 0.2) is 65.8 Å². The number of benzene rings is 2. The van der Waals surface area contributed by atoms with Gasteiger partial charge in [0.15, 0.2) is 5.78 Å². The summed E-state index contributed by atoms with van der Waals surface area (Å²) in [5.74, 6) is 0.421. The van der Waals surface area contributed by atoms with Crippen LogP contribution in [0.25, 0.3) is 10.8 Å². The number of Topliss-reactive ketones (excluding diaryl/α,β-unsaturated/α-hetero) is 1. The van der Waals surface area contributed by atoms with Gasteiger partial charge in [-0.2, -0.15) is 4.31 Å². The second-order valence-corrected chi connectivity index (χ2v) is 10.7. The van der Waals surface area contributed by atoms with E-state index in [1.165, 1.54) is 24.3 Å². The second kappa shape index (κ2) is 12.9. The number of piperidine rings is 1. The summed E-state index contributed by atoms with van der Waals surface area (Å²) in [6, 6.07) is 12.8. The van der Waals surface area contributed by atoms with Crippen LogP contribution >= 0.6 is 0 Å². The maximum atomic E-state index is 12.9. The number of fused-ring (bicyclic) bond motifs is 1. The zero-order chi connectivity index (χ0) is 25.3. The number of hydrogen-bond donors (Lipinski definition) is 1. The van der Waals surface area contributed by atoms with Gasteiger partial charge in [-0.05, 0) is 75.2 Å². The van der Waals surface area contributed by atoms with Gasteiger partial charge in [-0.15, -0.1) is 0 Å². The summed E-state index contributed by atoms with van der Waals surface area (Å²) in [5, 5.41) is 4.59. The number of nitrogens with zero attached hydrogens (tertiary/aromatic N) is 2. The maximum Gasteiger partial charge on any atom is 0.243 e. The van der Waals surface area contributed by atoms with Crippen LogP contribution in [0.4, 0.5) is 4.39 Å². The standard InChI is InChI=1S/C16H20N2O2S.C11H14FNO/c1-2-13-7-10-18(11-8-13)21(19,20)16-5-3-4-14-12-17-9-6-15(14)16;1-13-8-2-3-11(14)9-4-6-10(12)7-5-9/h3-6,9,12-13H,2,7-8,10-11H2,1H3;4-7,13H,2-3,8H2,1H3. The van der Waals surface area contributed by atoms with Crippen LogP contribution in [0.2, 0.25) is 0 Å². The highest BCUT2D eigenvalue weighted by molar-refractivity contribution is 7.89. The number of sulfonamides is 1. The SMILES string of the molecule is CCC1CCN(S(=O)(=O)c2cccc3cnccc23)CC1.CNCCCC(=O)c1ccc(F)cc1. The molecule has 188 valence electrons. The van der Waals surface area contributed by atoms with Crippen LogP contribution in [-0.2, 0) is 10.0 Å². The summed E-state index contributed by atoms with van der Waals surface area (Å²) in [4.78, 5) is 15.9. The lowest BCUT2D eigenvalue weighted by Crippen LogP contribution is -2.38. The fourth-order valence-electron chi connectivity index (χ4n) is 4.22. The van der Waals surface area contributed by atoms with Crippen molar-refractivity contribution in [2.45, 2.75) is 43.9 Å². The number of carbonyl (C=O) groups excluding carboxylic acids is 1. The molecule has 0 spiro atoms. The molecule has 0 aliphatic carbocycles. The molecule has 6 nitrogen and oxygen atoms in total. The van der Waals surface area contributed by atoms with Crippen LogP contribution in [0.5, 0.6) is 0 Å². The average Bonchev–Trinajstić information content (AvgIpc) is 2.89. The number of nitrogens with one attached hydrogen (secondary N) is 1. The minimum absolute atomic E-state index is 0.0697. The number of aromatic nitrogens is 1. The Morgan fingerprint density at radius 1 is 1.11 bits per heavy atom. The number of carbonyl (C=O) groups is 1. The first-order valence-corrected chi connectivity index (χ1v) is 13.6. The summed E-state index contributed by atoms with van der Waals surface area (Å²) in [7, 11) is -1.57. The van der Waals surface area contributed by atoms with Gasteiger partial charge in [0.1, 0.15) is 5.82 Å². The molecule has 0 atom stereocenters. The quantitative estimate of drug-likeness (QED) is 0.346. The van der Waals surface area contributed by atoms with E-state index in [1.54, 1.807) is 34.9 Å². The van der Waals surface area contributed by atoms with E-state index in [9.17, 15) is 17.6 Å². The van der Waals surface area contributed by atoms with Crippen LogP contribution in [0.3, 0.4) is 0 Å². The minimum atomic E-state index is -3.41. The molecule has 0 saturated carbocycles. The Hall–Kier alpha value is -2.68. The van der Waals surface area contributed by atoms with Gasteiger partial charge < -0.3 is 5.32 Å². The lowest BCUT2D eigenvalue weighted by molar-refractivity contribution is 0.0980. The van der Waals surface area contributed by atoms with E-state index >= 15 is 0 Å². The van der Waals surface area contributed by atoms with Gasteiger partial charge in [0.25, 0.3) is 0 Å². The molecule has 1 aromatic heterocycles. The molecule has 1 fully saturated rings. The summed E-state index contributed by atoms with van der Waals surface area (Å²) < 4.78 is 40.0. The van der Waals surface area contributed by atoms with Crippen molar-refractivity contribution < 1.29 is 17.6 Å². The molecule has 1 aliphatic rings. The number of ketones is 1. The lowest BCUT2D eigenvalue weighted by Gasteiger charge is -2.30. The lowest BCUT2D eigenvalue weighted by atomic mass is 9.96. The molecule has 1 aliphatic heterocycles. The van der Waals surface area contributed by atoms with Crippen molar-refractivity contribution in [3.63, 3.8) is 0 Å². The fraction of sp³-hybridized carbons (Fsp3) is 0.407. The van der Waals surface area contributed by atoms with Crippen molar-refractivity contribution in [2.75, 3.05) is 26.7 Å². The normalized spacial score (nSPS) is 14.9. The van der Waals surface area contributed by atoms with Crippen molar-refractivity contribution in [3.05, 3.63) is 72.3 Å². The van der Waals surface area contributed by atoms with Gasteiger partial charge in [-0.1, -0.05) is 25.5 Å². The molecule has 2 heterocycles. The molecule has 8 heteroatoms. The fourth-order valence-corrected chi connectivity index (χ4v) is 5.90. The zero-order valence-corrected chi connectivity index (χ0v) is 21.2. The zero-order valence-electron chi connectivity index (χ0n) is 20.4. The predicted molar refractivity (Wildman–Crippen MR) is 137 cm³/mol. The van der Waals surface area contributed by atoms with Crippen molar-refractivity contribution in [3.8, 4) is 0 Å². The number of halogens is 1. The second-order valence-electron chi connectivity index (χ2n) is 8.75. The molecule has 1 N–H and O–H groups in total. The van der Waals surface area contributed by atoms with Crippen LogP contribution in [0.1, 0.15) is 49.4 Å². The van der Waals surface area contributed by atoms with Crippen molar-refractivity contribution in [1.29, 1.82) is 0 Å². The molecule has 0 unspecified atom stereocenters. The number of pyridine rings is 1. The maximum absolute atomic E-state index is 12.9. The first-order chi connectivity index (χ1) is 16.9. The third-order valence-corrected chi connectivity index (χ3v) is 8.36. The molecule has 0 radical (unpaired) electrons. The topological polar surface area (TPSA) is 79.4 Å². The van der Waals surface area contributed by atoms with E-state index in [2.05, 4.69) is 17.2 Å². The van der Waals surface area contributed by atoms with Gasteiger partial charge in [-0.3, -0.25) is 9.78 Å². The van der Waals surface area contributed by atoms with Crippen molar-refractivity contribution in [1.82, 2.24) is 14.6 Å². The van der Waals surface area contributed by atoms with E-state index in [0.717, 1.165) is 43.0 Å². The minimum Gasteiger partial charge on any atom is -0.320 e. The highest BCUT2D eigenvalue weighted by atomic mass is 32.2. The smallest absolute Gasteiger partial charge is 0.243 e. The van der Waals surface area contributed by atoms with E-state index in [1.807, 2.05) is 13.1 Å². The highest BCUT2D eigenvalue weighted by Crippen LogP contribution is 2.29. The van der Waals surface area contributed by atoms with E-state index in [4.69, 9.17) is 0 Å². The summed E-state index contributed by atoms with van der Waals surface area (Å²) >= 11 is 0. The summed E-state index contributed by atoms with van der Waals surface area (Å²) in [6.07, 6.45) is 7.72. The van der Waals surface area contributed by atoms with Crippen molar-refractivity contribution in [2.24, 2.45) is 5.92 Å². The summed E-state index contributed by atoms with van der Waals surface area (Å²) in [5.41, 5.74) is 0.586. The third-order valence-electron chi connectivity index (χ3n) is 6.41. The van der Waals surface area contributed by atoms with Gasteiger partial charge in [0.05, 0.1) is 4.90 Å². The molecule has 35 heavy (non-hydrogen) atoms. The largest absolute Gasteiger partial charge is 0.320 e. The van der Waals surface area contributed by atoms with Crippen molar-refractivity contribution >= 4 is 26.6 Å². The van der Waals surface area contributed by atoms with Crippen LogP contribution < -0.4 is 5.32 Å². The Kier molecular flexibility index (Phi) is 9.89. The predicted octanol–water partition coefficient (Wildman–Crippen LogP) is 5.05. The van der Waals surface area contributed by atoms with E-state index in [-0.39, 0.29) is 11.6 Å². The monoisotopic (exact) mass is 499 g/mol.